The Labute approximate surface area is 316 Å². The van der Waals surface area contributed by atoms with Crippen LogP contribution in [-0.2, 0) is 10.8 Å². The predicted octanol–water partition coefficient (Wildman–Crippen LogP) is 11.8. The van der Waals surface area contributed by atoms with E-state index in [2.05, 4.69) is 133 Å². The fraction of sp³-hybridized carbons (Fsp3) is 0.208. The van der Waals surface area contributed by atoms with E-state index in [-0.39, 0.29) is 17.0 Å². The Balaban J connectivity index is 1.15. The fourth-order valence-electron chi connectivity index (χ4n) is 9.36. The summed E-state index contributed by atoms with van der Waals surface area (Å²) in [7, 11) is 0. The summed E-state index contributed by atoms with van der Waals surface area (Å²) in [4.78, 5) is 23.3. The van der Waals surface area contributed by atoms with Crippen LogP contribution in [0.4, 0.5) is 28.6 Å². The third kappa shape index (κ3) is 4.86. The summed E-state index contributed by atoms with van der Waals surface area (Å²) < 4.78 is 0. The van der Waals surface area contributed by atoms with E-state index in [0.29, 0.717) is 0 Å². The second kappa shape index (κ2) is 12.2. The Morgan fingerprint density at radius 1 is 0.593 bits per heavy atom. The maximum absolute atomic E-state index is 4.99. The molecule has 1 unspecified atom stereocenters. The van der Waals surface area contributed by atoms with Crippen LogP contribution in [0.1, 0.15) is 69.2 Å². The highest BCUT2D eigenvalue weighted by Crippen LogP contribution is 2.58. The molecule has 3 aromatic heterocycles. The minimum atomic E-state index is -0.241. The lowest BCUT2D eigenvalue weighted by Crippen LogP contribution is -2.32. The second-order valence-electron chi connectivity index (χ2n) is 15.8. The molecule has 0 fully saturated rings. The van der Waals surface area contributed by atoms with Gasteiger partial charge in [-0.1, -0.05) is 64.1 Å². The molecule has 0 saturated heterocycles. The fourth-order valence-corrected chi connectivity index (χ4v) is 9.36. The Kier molecular flexibility index (Phi) is 7.35. The largest absolute Gasteiger partial charge is 0.317 e. The number of anilines is 5. The summed E-state index contributed by atoms with van der Waals surface area (Å²) in [5, 5.41) is 2.69. The number of aromatic nitrogens is 3. The van der Waals surface area contributed by atoms with E-state index in [1.165, 1.54) is 55.3 Å². The zero-order valence-electron chi connectivity index (χ0n) is 31.2. The van der Waals surface area contributed by atoms with Gasteiger partial charge in [-0.05, 0) is 141 Å². The Morgan fingerprint density at radius 3 is 2.07 bits per heavy atom. The number of aliphatic imine (C=N–C) groups is 1. The van der Waals surface area contributed by atoms with Gasteiger partial charge in [0.15, 0.2) is 0 Å². The van der Waals surface area contributed by atoms with Crippen LogP contribution in [0.3, 0.4) is 0 Å². The van der Waals surface area contributed by atoms with Crippen molar-refractivity contribution in [3.63, 3.8) is 0 Å². The van der Waals surface area contributed by atoms with E-state index in [1.54, 1.807) is 0 Å². The average molecular weight is 703 g/mol. The van der Waals surface area contributed by atoms with E-state index < -0.39 is 0 Å². The van der Waals surface area contributed by atoms with Gasteiger partial charge >= 0.3 is 0 Å². The van der Waals surface area contributed by atoms with Gasteiger partial charge in [-0.2, -0.15) is 0 Å². The van der Waals surface area contributed by atoms with Crippen LogP contribution in [0, 0.1) is 0 Å². The quantitative estimate of drug-likeness (QED) is 0.173. The maximum Gasteiger partial charge on any atom is 0.137 e. The first kappa shape index (κ1) is 32.5. The number of nitrogens with zero attached hydrogens (tertiary/aromatic N) is 6. The number of rotatable bonds is 6. The van der Waals surface area contributed by atoms with Crippen molar-refractivity contribution in [2.24, 2.45) is 4.99 Å². The molecule has 3 aliphatic rings. The van der Waals surface area contributed by atoms with Crippen molar-refractivity contribution in [1.29, 1.82) is 0 Å². The summed E-state index contributed by atoms with van der Waals surface area (Å²) in [6, 6.07) is 37.8. The first-order valence-electron chi connectivity index (χ1n) is 19.0. The molecule has 6 nitrogen and oxygen atoms in total. The van der Waals surface area contributed by atoms with Crippen LogP contribution in [0.5, 0.6) is 0 Å². The van der Waals surface area contributed by atoms with E-state index in [1.807, 2.05) is 55.2 Å². The number of fused-ring (bicyclic) bond motifs is 6. The molecule has 54 heavy (non-hydrogen) atoms. The molecule has 2 aliphatic carbocycles. The lowest BCUT2D eigenvalue weighted by molar-refractivity contribution is 0.580. The van der Waals surface area contributed by atoms with E-state index in [0.717, 1.165) is 47.8 Å². The molecule has 7 aromatic rings. The molecule has 0 bridgehead atoms. The second-order valence-corrected chi connectivity index (χ2v) is 15.8. The smallest absolute Gasteiger partial charge is 0.137 e. The molecule has 0 amide bonds. The molecule has 6 heteroatoms. The van der Waals surface area contributed by atoms with Crippen LogP contribution < -0.4 is 9.80 Å². The van der Waals surface area contributed by atoms with Crippen molar-refractivity contribution >= 4 is 45.6 Å². The lowest BCUT2D eigenvalue weighted by atomic mass is 9.67. The Morgan fingerprint density at radius 2 is 1.33 bits per heavy atom. The summed E-state index contributed by atoms with van der Waals surface area (Å²) >= 11 is 0. The molecule has 10 rings (SSSR count). The molecule has 1 atom stereocenters. The molecular weight excluding hydrogens is 661 g/mol. The van der Waals surface area contributed by atoms with Crippen LogP contribution in [0.25, 0.3) is 33.0 Å². The summed E-state index contributed by atoms with van der Waals surface area (Å²) in [6.45, 7) is 9.55. The van der Waals surface area contributed by atoms with Crippen LogP contribution >= 0.6 is 0 Å². The molecule has 4 aromatic carbocycles. The number of hydrogen-bond donors (Lipinski definition) is 0. The molecule has 4 heterocycles. The zero-order chi connectivity index (χ0) is 36.6. The average Bonchev–Trinajstić information content (AvgIpc) is 3.44. The number of hydrogen-bond acceptors (Lipinski definition) is 6. The SMILES string of the molecule is CC1(C)c2cc(N(c3cccnc3)c3ccccn3)ccc2-c2c1cc1c3c(cccc23)C(C)(C)c2cc(N(c3cccnc3)C3CCCC=N3)ccc2-1. The highest BCUT2D eigenvalue weighted by molar-refractivity contribution is 6.12. The number of benzene rings is 4. The van der Waals surface area contributed by atoms with Gasteiger partial charge in [0, 0.05) is 47.0 Å². The van der Waals surface area contributed by atoms with Crippen molar-refractivity contribution < 1.29 is 0 Å². The van der Waals surface area contributed by atoms with Gasteiger partial charge in [0.1, 0.15) is 12.0 Å². The standard InChI is InChI=1S/C48H42N6/c1-47(2)39-15-9-14-37-45-36-21-19-32(54(34-13-11-23-50-30-34)44-17-6-8-25-52-44)27-41(36)48(3,4)42(45)28-38(46(37)39)35-20-18-31(26-40(35)47)53(33-12-10-22-49-29-33)43-16-5-7-24-51-43/h6,8-15,17-30,43H,5,7,16H2,1-4H3. The van der Waals surface area contributed by atoms with Crippen molar-refractivity contribution in [1.82, 2.24) is 15.0 Å². The molecule has 0 saturated carbocycles. The first-order valence-corrected chi connectivity index (χ1v) is 19.0. The minimum absolute atomic E-state index is 0.0441. The van der Waals surface area contributed by atoms with Gasteiger partial charge in [-0.15, -0.1) is 0 Å². The predicted molar refractivity (Wildman–Crippen MR) is 222 cm³/mol. The van der Waals surface area contributed by atoms with E-state index in [4.69, 9.17) is 9.98 Å². The molecule has 1 aliphatic heterocycles. The van der Waals surface area contributed by atoms with Gasteiger partial charge in [-0.25, -0.2) is 4.98 Å². The van der Waals surface area contributed by atoms with Crippen molar-refractivity contribution in [3.05, 3.63) is 156 Å². The van der Waals surface area contributed by atoms with Crippen LogP contribution in [-0.4, -0.2) is 27.3 Å². The number of pyridine rings is 3. The third-order valence-electron chi connectivity index (χ3n) is 12.0. The van der Waals surface area contributed by atoms with Gasteiger partial charge in [0.05, 0.1) is 23.8 Å². The molecule has 0 N–H and O–H groups in total. The molecule has 0 spiro atoms. The van der Waals surface area contributed by atoms with Crippen molar-refractivity contribution in [3.8, 4) is 22.3 Å². The van der Waals surface area contributed by atoms with Crippen LogP contribution in [0.15, 0.2) is 139 Å². The first-order chi connectivity index (χ1) is 26.3. The normalized spacial score (nSPS) is 17.1. The van der Waals surface area contributed by atoms with Gasteiger partial charge in [0.25, 0.3) is 0 Å². The van der Waals surface area contributed by atoms with Crippen LogP contribution in [0.2, 0.25) is 0 Å². The highest BCUT2D eigenvalue weighted by Gasteiger charge is 2.41. The molecular formula is C48H42N6. The van der Waals surface area contributed by atoms with Crippen molar-refractivity contribution in [2.75, 3.05) is 9.80 Å². The minimum Gasteiger partial charge on any atom is -0.317 e. The molecule has 0 radical (unpaired) electrons. The summed E-state index contributed by atoms with van der Waals surface area (Å²) in [5.41, 5.74) is 14.5. The molecule has 264 valence electrons. The Hall–Kier alpha value is -6.14. The topological polar surface area (TPSA) is 57.5 Å². The van der Waals surface area contributed by atoms with Gasteiger partial charge < -0.3 is 4.90 Å². The monoisotopic (exact) mass is 702 g/mol. The zero-order valence-corrected chi connectivity index (χ0v) is 31.2. The summed E-state index contributed by atoms with van der Waals surface area (Å²) in [5.74, 6) is 0.859. The van der Waals surface area contributed by atoms with Crippen molar-refractivity contribution in [2.45, 2.75) is 64.0 Å². The van der Waals surface area contributed by atoms with Gasteiger partial charge in [0.2, 0.25) is 0 Å². The van der Waals surface area contributed by atoms with E-state index in [9.17, 15) is 0 Å². The van der Waals surface area contributed by atoms with E-state index >= 15 is 0 Å². The Bertz CT molecular complexity index is 2560. The lowest BCUT2D eigenvalue weighted by Gasteiger charge is -2.38. The van der Waals surface area contributed by atoms with Gasteiger partial charge in [-0.3, -0.25) is 19.9 Å². The highest BCUT2D eigenvalue weighted by atomic mass is 15.3. The third-order valence-corrected chi connectivity index (χ3v) is 12.0. The summed E-state index contributed by atoms with van der Waals surface area (Å²) in [6.07, 6.45) is 14.7. The maximum atomic E-state index is 4.99.